The minimum atomic E-state index is -0.393. The van der Waals surface area contributed by atoms with Crippen molar-refractivity contribution in [1.82, 2.24) is 24.9 Å². The van der Waals surface area contributed by atoms with Gasteiger partial charge in [0.1, 0.15) is 5.82 Å². The zero-order chi connectivity index (χ0) is 17.7. The van der Waals surface area contributed by atoms with Crippen LogP contribution in [-0.4, -0.2) is 37.5 Å². The molecule has 3 fully saturated rings. The minimum absolute atomic E-state index is 0.235. The Hall–Kier alpha value is -3.16. The molecule has 0 unspecified atom stereocenters. The molecule has 6 rings (SSSR count). The molecule has 0 aromatic carbocycles. The summed E-state index contributed by atoms with van der Waals surface area (Å²) in [4.78, 5) is 32.6. The lowest BCUT2D eigenvalue weighted by molar-refractivity contribution is 0.290. The summed E-state index contributed by atoms with van der Waals surface area (Å²) in [5.41, 5.74) is 1.44. The van der Waals surface area contributed by atoms with Gasteiger partial charge in [0, 0.05) is 60.1 Å². The summed E-state index contributed by atoms with van der Waals surface area (Å²) >= 11 is 0. The molecule has 8 heteroatoms. The Labute approximate surface area is 148 Å². The van der Waals surface area contributed by atoms with Crippen LogP contribution in [0.3, 0.4) is 0 Å². The highest BCUT2D eigenvalue weighted by atomic mass is 19.1. The number of hydrogen-bond acceptors (Lipinski definition) is 6. The Morgan fingerprint density at radius 3 is 2.58 bits per heavy atom. The number of anilines is 1. The van der Waals surface area contributed by atoms with Crippen molar-refractivity contribution in [3.63, 3.8) is 0 Å². The maximum atomic E-state index is 14.2. The van der Waals surface area contributed by atoms with Crippen LogP contribution in [0.4, 0.5) is 10.3 Å². The summed E-state index contributed by atoms with van der Waals surface area (Å²) in [6.45, 7) is 0.672. The fraction of sp³-hybridized carbons (Fsp3) is 0.278. The first-order valence-electron chi connectivity index (χ1n) is 8.39. The lowest BCUT2D eigenvalue weighted by Gasteiger charge is -2.36. The summed E-state index contributed by atoms with van der Waals surface area (Å²) in [7, 11) is 0. The first kappa shape index (κ1) is 15.1. The van der Waals surface area contributed by atoms with Gasteiger partial charge in [-0.05, 0) is 25.0 Å². The molecule has 3 aromatic heterocycles. The molecule has 0 atom stereocenters. The summed E-state index contributed by atoms with van der Waals surface area (Å²) in [5, 5.41) is 0. The molecule has 0 radical (unpaired) electrons. The van der Waals surface area contributed by atoms with Gasteiger partial charge in [-0.25, -0.2) is 24.1 Å². The molecule has 1 N–H and O–H groups in total. The average molecular weight is 350 g/mol. The molecule has 2 bridgehead atoms. The number of H-pyrrole nitrogens is 1. The monoisotopic (exact) mass is 350 g/mol. The van der Waals surface area contributed by atoms with E-state index in [1.807, 2.05) is 0 Å². The number of nitrogens with zero attached hydrogens (tertiary/aromatic N) is 5. The third-order valence-electron chi connectivity index (χ3n) is 5.33. The van der Waals surface area contributed by atoms with Gasteiger partial charge in [0.25, 0.3) is 0 Å². The van der Waals surface area contributed by atoms with E-state index in [0.717, 1.165) is 24.0 Å². The van der Waals surface area contributed by atoms with E-state index in [1.54, 1.807) is 30.9 Å². The number of pyridine rings is 1. The van der Waals surface area contributed by atoms with Crippen molar-refractivity contribution in [2.45, 2.75) is 24.3 Å². The van der Waals surface area contributed by atoms with Crippen LogP contribution in [0.2, 0.25) is 0 Å². The second-order valence-corrected chi connectivity index (χ2v) is 6.88. The van der Waals surface area contributed by atoms with E-state index in [0.29, 0.717) is 24.2 Å². The second kappa shape index (κ2) is 5.42. The van der Waals surface area contributed by atoms with Crippen LogP contribution in [0.25, 0.3) is 11.1 Å². The van der Waals surface area contributed by atoms with Gasteiger partial charge in [0.2, 0.25) is 5.95 Å². The summed E-state index contributed by atoms with van der Waals surface area (Å²) in [5.74, 6) is 0.390. The van der Waals surface area contributed by atoms with Crippen molar-refractivity contribution in [3.05, 3.63) is 65.1 Å². The van der Waals surface area contributed by atoms with E-state index in [1.165, 1.54) is 12.3 Å². The third kappa shape index (κ3) is 2.22. The fourth-order valence-electron chi connectivity index (χ4n) is 4.04. The lowest BCUT2D eigenvalue weighted by Crippen LogP contribution is -2.39. The number of hydrogen-bond donors (Lipinski definition) is 1. The van der Waals surface area contributed by atoms with Gasteiger partial charge in [-0.2, -0.15) is 0 Å². The summed E-state index contributed by atoms with van der Waals surface area (Å²) in [6, 6.07) is 3.40. The average Bonchev–Trinajstić information content (AvgIpc) is 3.20. The SMILES string of the molecule is O=c1ncc(-c2cnc(N3CC4(c5ncccc5F)CC3C4)nc2)c[nH]1. The van der Waals surface area contributed by atoms with E-state index in [4.69, 9.17) is 0 Å². The van der Waals surface area contributed by atoms with E-state index < -0.39 is 5.69 Å². The molecule has 2 aliphatic heterocycles. The van der Waals surface area contributed by atoms with Gasteiger partial charge in [0.15, 0.2) is 0 Å². The van der Waals surface area contributed by atoms with E-state index in [9.17, 15) is 9.18 Å². The van der Waals surface area contributed by atoms with Crippen LogP contribution >= 0.6 is 0 Å². The van der Waals surface area contributed by atoms with Crippen LogP contribution in [-0.2, 0) is 5.41 Å². The maximum absolute atomic E-state index is 14.2. The zero-order valence-corrected chi connectivity index (χ0v) is 13.8. The quantitative estimate of drug-likeness (QED) is 0.773. The number of aromatic nitrogens is 5. The molecule has 0 spiro atoms. The van der Waals surface area contributed by atoms with Crippen LogP contribution in [0.15, 0.2) is 47.9 Å². The second-order valence-electron chi connectivity index (χ2n) is 6.88. The Balaban J connectivity index is 1.40. The molecule has 3 aromatic rings. The molecular weight excluding hydrogens is 335 g/mol. The molecule has 3 aliphatic rings. The van der Waals surface area contributed by atoms with Crippen molar-refractivity contribution in [2.24, 2.45) is 0 Å². The normalized spacial score (nSPS) is 23.7. The van der Waals surface area contributed by atoms with Gasteiger partial charge in [-0.3, -0.25) is 4.98 Å². The summed E-state index contributed by atoms with van der Waals surface area (Å²) < 4.78 is 14.2. The minimum Gasteiger partial charge on any atom is -0.337 e. The fourth-order valence-corrected chi connectivity index (χ4v) is 4.04. The highest BCUT2D eigenvalue weighted by molar-refractivity contribution is 5.60. The van der Waals surface area contributed by atoms with E-state index >= 15 is 0 Å². The standard InChI is InChI=1S/C18H15FN6O/c19-14-2-1-3-20-15(14)18-4-13(5-18)25(10-18)16-21-6-11(7-22-16)12-8-23-17(26)24-9-12/h1-3,6-9,13H,4-5,10H2,(H,23,24,26). The van der Waals surface area contributed by atoms with Gasteiger partial charge in [-0.15, -0.1) is 0 Å². The lowest BCUT2D eigenvalue weighted by atomic mass is 9.67. The van der Waals surface area contributed by atoms with Gasteiger partial charge in [0.05, 0.1) is 5.69 Å². The van der Waals surface area contributed by atoms with E-state index in [-0.39, 0.29) is 11.2 Å². The van der Waals surface area contributed by atoms with Gasteiger partial charge in [-0.1, -0.05) is 0 Å². The number of aromatic amines is 1. The van der Waals surface area contributed by atoms with Crippen LogP contribution in [0.5, 0.6) is 0 Å². The van der Waals surface area contributed by atoms with Crippen LogP contribution in [0, 0.1) is 5.82 Å². The number of nitrogens with one attached hydrogen (secondary N) is 1. The highest BCUT2D eigenvalue weighted by Gasteiger charge is 2.58. The third-order valence-corrected chi connectivity index (χ3v) is 5.33. The first-order valence-corrected chi connectivity index (χ1v) is 8.39. The molecular formula is C18H15FN6O. The Bertz CT molecular complexity index is 1010. The number of rotatable bonds is 3. The molecule has 26 heavy (non-hydrogen) atoms. The Morgan fingerprint density at radius 1 is 1.12 bits per heavy atom. The maximum Gasteiger partial charge on any atom is 0.344 e. The molecule has 1 saturated carbocycles. The highest BCUT2D eigenvalue weighted by Crippen LogP contribution is 2.53. The van der Waals surface area contributed by atoms with E-state index in [2.05, 4.69) is 29.8 Å². The molecule has 0 amide bonds. The van der Waals surface area contributed by atoms with Crippen LogP contribution in [0.1, 0.15) is 18.5 Å². The predicted octanol–water partition coefficient (Wildman–Crippen LogP) is 1.68. The Kier molecular flexibility index (Phi) is 3.15. The molecule has 5 heterocycles. The van der Waals surface area contributed by atoms with Crippen LogP contribution < -0.4 is 10.6 Å². The van der Waals surface area contributed by atoms with Gasteiger partial charge < -0.3 is 9.88 Å². The largest absolute Gasteiger partial charge is 0.344 e. The van der Waals surface area contributed by atoms with Crippen molar-refractivity contribution < 1.29 is 4.39 Å². The molecule has 130 valence electrons. The number of halogens is 1. The van der Waals surface area contributed by atoms with Crippen molar-refractivity contribution in [2.75, 3.05) is 11.4 Å². The molecule has 2 saturated heterocycles. The topological polar surface area (TPSA) is 87.7 Å². The van der Waals surface area contributed by atoms with Gasteiger partial charge >= 0.3 is 5.69 Å². The van der Waals surface area contributed by atoms with Crippen molar-refractivity contribution in [1.29, 1.82) is 0 Å². The van der Waals surface area contributed by atoms with Crippen molar-refractivity contribution >= 4 is 5.95 Å². The molecule has 7 nitrogen and oxygen atoms in total. The zero-order valence-electron chi connectivity index (χ0n) is 13.8. The smallest absolute Gasteiger partial charge is 0.337 e. The predicted molar refractivity (Wildman–Crippen MR) is 92.1 cm³/mol. The molecule has 1 aliphatic carbocycles. The first-order chi connectivity index (χ1) is 12.6. The number of fused-ring (bicyclic) bond motifs is 1. The Morgan fingerprint density at radius 2 is 1.88 bits per heavy atom. The summed E-state index contributed by atoms with van der Waals surface area (Å²) in [6.07, 6.45) is 9.88. The van der Waals surface area contributed by atoms with Crippen molar-refractivity contribution in [3.8, 4) is 11.1 Å².